The van der Waals surface area contributed by atoms with Crippen molar-refractivity contribution in [1.82, 2.24) is 0 Å². The molecule has 0 fully saturated rings. The van der Waals surface area contributed by atoms with Crippen LogP contribution in [-0.4, -0.2) is 6.29 Å². The van der Waals surface area contributed by atoms with Crippen LogP contribution >= 0.6 is 0 Å². The SMILES string of the molecule is C[C]=O.[Ir]. The molecule has 0 aromatic heterocycles. The van der Waals surface area contributed by atoms with Crippen molar-refractivity contribution in [2.75, 3.05) is 0 Å². The second-order valence-corrected chi connectivity index (χ2v) is 0.204. The Morgan fingerprint density at radius 3 is 1.75 bits per heavy atom. The minimum atomic E-state index is 0. The average Bonchev–Trinajstić information content (AvgIpc) is 0.918. The molecule has 2 heteroatoms. The Bertz CT molecular complexity index is 13.5. The maximum atomic E-state index is 8.68. The van der Waals surface area contributed by atoms with Gasteiger partial charge in [0.2, 0.25) is 0 Å². The van der Waals surface area contributed by atoms with E-state index in [-0.39, 0.29) is 20.1 Å². The predicted octanol–water partition coefficient (Wildman–Crippen LogP) is 0.113. The van der Waals surface area contributed by atoms with Gasteiger partial charge in [-0.3, -0.25) is 4.79 Å². The second kappa shape index (κ2) is 10.3. The van der Waals surface area contributed by atoms with Gasteiger partial charge in [0.15, 0.2) is 6.29 Å². The molecule has 0 amide bonds. The third kappa shape index (κ3) is 39.6. The van der Waals surface area contributed by atoms with Crippen molar-refractivity contribution in [3.8, 4) is 0 Å². The molecular formula is C2H3IrO. The third-order valence-electron chi connectivity index (χ3n) is 0. The Kier molecular flexibility index (Phi) is 22.7. The molecule has 0 saturated carbocycles. The minimum absolute atomic E-state index is 0. The standard InChI is InChI=1S/C2H3O.Ir/c1-2-3;/h1H3;. The number of rotatable bonds is 0. The Balaban J connectivity index is 0. The van der Waals surface area contributed by atoms with E-state index in [1.807, 2.05) is 0 Å². The molecule has 0 rings (SSSR count). The van der Waals surface area contributed by atoms with Gasteiger partial charge in [-0.2, -0.15) is 0 Å². The fraction of sp³-hybridized carbons (Fsp3) is 0.500. The summed E-state index contributed by atoms with van der Waals surface area (Å²) in [6, 6.07) is 0. The van der Waals surface area contributed by atoms with Gasteiger partial charge < -0.3 is 0 Å². The number of hydrogen-bond acceptors (Lipinski definition) is 1. The van der Waals surface area contributed by atoms with E-state index in [1.165, 1.54) is 13.2 Å². The first-order chi connectivity index (χ1) is 1.41. The Hall–Kier alpha value is 0.319. The van der Waals surface area contributed by atoms with Crippen molar-refractivity contribution in [2.45, 2.75) is 6.92 Å². The third-order valence-corrected chi connectivity index (χ3v) is 0. The van der Waals surface area contributed by atoms with Crippen LogP contribution in [0.15, 0.2) is 0 Å². The van der Waals surface area contributed by atoms with Crippen LogP contribution in [0.25, 0.3) is 0 Å². The van der Waals surface area contributed by atoms with Gasteiger partial charge in [-0.05, 0) is 0 Å². The zero-order chi connectivity index (χ0) is 2.71. The zero-order valence-electron chi connectivity index (χ0n) is 2.24. The molecule has 0 saturated heterocycles. The van der Waals surface area contributed by atoms with Crippen molar-refractivity contribution < 1.29 is 24.9 Å². The maximum absolute atomic E-state index is 8.68. The van der Waals surface area contributed by atoms with Crippen LogP contribution in [0.5, 0.6) is 0 Å². The van der Waals surface area contributed by atoms with E-state index < -0.39 is 0 Å². The largest absolute Gasteiger partial charge is 0.291 e. The normalized spacial score (nSPS) is 3.25. The van der Waals surface area contributed by atoms with Crippen molar-refractivity contribution in [3.63, 3.8) is 0 Å². The van der Waals surface area contributed by atoms with Crippen molar-refractivity contribution in [3.05, 3.63) is 0 Å². The van der Waals surface area contributed by atoms with Crippen LogP contribution < -0.4 is 0 Å². The van der Waals surface area contributed by atoms with Gasteiger partial charge in [0.25, 0.3) is 0 Å². The Morgan fingerprint density at radius 1 is 1.75 bits per heavy atom. The van der Waals surface area contributed by atoms with E-state index in [9.17, 15) is 0 Å². The van der Waals surface area contributed by atoms with Crippen molar-refractivity contribution >= 4 is 6.29 Å². The fourth-order valence-electron chi connectivity index (χ4n) is 0. The van der Waals surface area contributed by atoms with Crippen LogP contribution in [0.2, 0.25) is 0 Å². The quantitative estimate of drug-likeness (QED) is 0.582. The molecule has 0 unspecified atom stereocenters. The molecule has 0 aromatic carbocycles. The summed E-state index contributed by atoms with van der Waals surface area (Å²) in [6.45, 7) is 1.32. The molecule has 0 aliphatic heterocycles. The average molecular weight is 235 g/mol. The van der Waals surface area contributed by atoms with Gasteiger partial charge in [-0.15, -0.1) is 0 Å². The van der Waals surface area contributed by atoms with E-state index >= 15 is 0 Å². The Labute approximate surface area is 38.7 Å². The van der Waals surface area contributed by atoms with Gasteiger partial charge >= 0.3 is 0 Å². The Morgan fingerprint density at radius 2 is 1.75 bits per heavy atom. The van der Waals surface area contributed by atoms with E-state index in [2.05, 4.69) is 0 Å². The van der Waals surface area contributed by atoms with Gasteiger partial charge in [0.05, 0.1) is 0 Å². The van der Waals surface area contributed by atoms with Crippen molar-refractivity contribution in [1.29, 1.82) is 0 Å². The molecule has 2 radical (unpaired) electrons. The van der Waals surface area contributed by atoms with E-state index in [4.69, 9.17) is 4.79 Å². The first-order valence-electron chi connectivity index (χ1n) is 0.704. The summed E-state index contributed by atoms with van der Waals surface area (Å²) in [4.78, 5) is 8.68. The van der Waals surface area contributed by atoms with E-state index in [1.54, 1.807) is 0 Å². The zero-order valence-corrected chi connectivity index (χ0v) is 4.64. The molecule has 0 aliphatic rings. The van der Waals surface area contributed by atoms with Crippen LogP contribution in [0.4, 0.5) is 0 Å². The molecule has 0 bridgehead atoms. The molecule has 0 atom stereocenters. The second-order valence-electron chi connectivity index (χ2n) is 0.204. The number of hydrogen-bond donors (Lipinski definition) is 0. The fourth-order valence-corrected chi connectivity index (χ4v) is 0. The first kappa shape index (κ1) is 8.85. The molecule has 0 N–H and O–H groups in total. The molecular weight excluding hydrogens is 232 g/mol. The smallest absolute Gasteiger partial charge is 0.195 e. The van der Waals surface area contributed by atoms with Crippen LogP contribution in [0, 0.1) is 0 Å². The van der Waals surface area contributed by atoms with Crippen LogP contribution in [0.3, 0.4) is 0 Å². The molecule has 0 spiro atoms. The molecule has 4 heavy (non-hydrogen) atoms. The topological polar surface area (TPSA) is 17.1 Å². The monoisotopic (exact) mass is 236 g/mol. The van der Waals surface area contributed by atoms with Gasteiger partial charge in [-0.25, -0.2) is 0 Å². The molecule has 1 nitrogen and oxygen atoms in total. The van der Waals surface area contributed by atoms with E-state index in [0.717, 1.165) is 0 Å². The summed E-state index contributed by atoms with van der Waals surface area (Å²) < 4.78 is 0. The summed E-state index contributed by atoms with van der Waals surface area (Å²) >= 11 is 0. The molecule has 0 aliphatic carbocycles. The summed E-state index contributed by atoms with van der Waals surface area (Å²) in [5, 5.41) is 0. The van der Waals surface area contributed by atoms with Crippen LogP contribution in [-0.2, 0) is 24.9 Å². The van der Waals surface area contributed by atoms with Crippen LogP contribution in [0.1, 0.15) is 6.92 Å². The first-order valence-corrected chi connectivity index (χ1v) is 0.704. The van der Waals surface area contributed by atoms with Gasteiger partial charge in [-0.1, -0.05) is 0 Å². The summed E-state index contributed by atoms with van der Waals surface area (Å²) in [6.07, 6.45) is 1.50. The van der Waals surface area contributed by atoms with Gasteiger partial charge in [0, 0.05) is 27.0 Å². The summed E-state index contributed by atoms with van der Waals surface area (Å²) in [5.74, 6) is 0. The van der Waals surface area contributed by atoms with E-state index in [0.29, 0.717) is 0 Å². The maximum Gasteiger partial charge on any atom is 0.195 e. The predicted molar refractivity (Wildman–Crippen MR) is 11.4 cm³/mol. The molecule has 26 valence electrons. The van der Waals surface area contributed by atoms with Gasteiger partial charge in [0.1, 0.15) is 0 Å². The molecule has 0 heterocycles. The number of carbonyl (C=O) groups excluding carboxylic acids is 1. The molecule has 0 aromatic rings. The van der Waals surface area contributed by atoms with Crippen molar-refractivity contribution in [2.24, 2.45) is 0 Å². The minimum Gasteiger partial charge on any atom is -0.291 e. The summed E-state index contributed by atoms with van der Waals surface area (Å²) in [7, 11) is 0. The summed E-state index contributed by atoms with van der Waals surface area (Å²) in [5.41, 5.74) is 0.